The van der Waals surface area contributed by atoms with Gasteiger partial charge in [0.2, 0.25) is 5.91 Å². The molecule has 1 aliphatic heterocycles. The second-order valence-electron chi connectivity index (χ2n) is 8.86. The molecule has 0 radical (unpaired) electrons. The maximum Gasteiger partial charge on any atom is 0.325 e. The summed E-state index contributed by atoms with van der Waals surface area (Å²) >= 11 is 0. The van der Waals surface area contributed by atoms with Crippen molar-refractivity contribution in [3.8, 4) is 0 Å². The number of nitrogens with one attached hydrogen (secondary N) is 2. The fraction of sp³-hybridized carbons (Fsp3) is 0.565. The predicted molar refractivity (Wildman–Crippen MR) is 114 cm³/mol. The van der Waals surface area contributed by atoms with Crippen LogP contribution in [0.3, 0.4) is 0 Å². The van der Waals surface area contributed by atoms with E-state index in [0.717, 1.165) is 23.3 Å². The van der Waals surface area contributed by atoms with E-state index >= 15 is 0 Å². The van der Waals surface area contributed by atoms with Gasteiger partial charge in [-0.1, -0.05) is 37.3 Å². The smallest absolute Gasteiger partial charge is 0.325 e. The van der Waals surface area contributed by atoms with E-state index in [1.807, 2.05) is 18.2 Å². The maximum atomic E-state index is 13.0. The lowest BCUT2D eigenvalue weighted by molar-refractivity contribution is -0.148. The van der Waals surface area contributed by atoms with Gasteiger partial charge in [0.1, 0.15) is 12.1 Å². The Morgan fingerprint density at radius 3 is 2.45 bits per heavy atom. The molecule has 1 heterocycles. The molecule has 1 atom stereocenters. The van der Waals surface area contributed by atoms with Crippen molar-refractivity contribution in [2.75, 3.05) is 6.54 Å². The molecule has 0 bridgehead atoms. The molecule has 1 aliphatic carbocycles. The largest absolute Gasteiger partial charge is 0.463 e. The third-order valence-electron chi connectivity index (χ3n) is 5.95. The van der Waals surface area contributed by atoms with Crippen LogP contribution in [0, 0.1) is 5.92 Å². The van der Waals surface area contributed by atoms with Gasteiger partial charge in [0.15, 0.2) is 0 Å². The summed E-state index contributed by atoms with van der Waals surface area (Å²) in [4.78, 5) is 51.4. The molecule has 1 saturated carbocycles. The molecule has 1 saturated heterocycles. The Labute approximate surface area is 182 Å². The van der Waals surface area contributed by atoms with Crippen LogP contribution >= 0.6 is 0 Å². The van der Waals surface area contributed by atoms with Crippen LogP contribution in [0.25, 0.3) is 0 Å². The Bertz CT molecular complexity index is 831. The standard InChI is InChI=1S/C23H31N3O5/c1-15(2)31-20(28)13-18(17-7-5-4-6-8-17)24-19(27)14-26-21(29)23(25-22(26)30)11-9-16(3)10-12-23/h4-8,15-16,18H,9-14H2,1-3H3,(H,24,27)(H,25,30)/t16?,18-,23?/m1/s1. The van der Waals surface area contributed by atoms with E-state index in [0.29, 0.717) is 18.8 Å². The minimum absolute atomic E-state index is 0.0457. The van der Waals surface area contributed by atoms with E-state index in [4.69, 9.17) is 4.74 Å². The highest BCUT2D eigenvalue weighted by Gasteiger charge is 2.52. The van der Waals surface area contributed by atoms with E-state index in [1.165, 1.54) is 0 Å². The van der Waals surface area contributed by atoms with Crippen molar-refractivity contribution < 1.29 is 23.9 Å². The average Bonchev–Trinajstić information content (AvgIpc) is 2.94. The van der Waals surface area contributed by atoms with Crippen molar-refractivity contribution in [2.24, 2.45) is 5.92 Å². The van der Waals surface area contributed by atoms with Gasteiger partial charge >= 0.3 is 12.0 Å². The Morgan fingerprint density at radius 2 is 1.84 bits per heavy atom. The van der Waals surface area contributed by atoms with Crippen LogP contribution in [-0.2, 0) is 19.1 Å². The molecule has 0 aromatic heterocycles. The minimum Gasteiger partial charge on any atom is -0.463 e. The summed E-state index contributed by atoms with van der Waals surface area (Å²) in [6.45, 7) is 5.26. The zero-order chi connectivity index (χ0) is 22.6. The van der Waals surface area contributed by atoms with Crippen molar-refractivity contribution in [1.29, 1.82) is 0 Å². The van der Waals surface area contributed by atoms with Gasteiger partial charge < -0.3 is 15.4 Å². The minimum atomic E-state index is -0.885. The van der Waals surface area contributed by atoms with Crippen LogP contribution in [0.4, 0.5) is 4.79 Å². The molecule has 31 heavy (non-hydrogen) atoms. The third-order valence-corrected chi connectivity index (χ3v) is 5.95. The normalized spacial score (nSPS) is 24.3. The molecule has 0 unspecified atom stereocenters. The number of urea groups is 1. The molecule has 1 aromatic carbocycles. The molecule has 2 fully saturated rings. The van der Waals surface area contributed by atoms with E-state index in [-0.39, 0.29) is 25.0 Å². The second-order valence-corrected chi connectivity index (χ2v) is 8.86. The van der Waals surface area contributed by atoms with E-state index in [1.54, 1.807) is 26.0 Å². The monoisotopic (exact) mass is 429 g/mol. The van der Waals surface area contributed by atoms with Gasteiger partial charge in [-0.25, -0.2) is 4.79 Å². The Hall–Kier alpha value is -2.90. The summed E-state index contributed by atoms with van der Waals surface area (Å²) in [7, 11) is 0. The number of amides is 4. The highest BCUT2D eigenvalue weighted by Crippen LogP contribution is 2.36. The van der Waals surface area contributed by atoms with Crippen molar-refractivity contribution in [3.63, 3.8) is 0 Å². The molecule has 4 amide bonds. The number of hydrogen-bond acceptors (Lipinski definition) is 5. The number of carbonyl (C=O) groups excluding carboxylic acids is 4. The fourth-order valence-electron chi connectivity index (χ4n) is 4.21. The SMILES string of the molecule is CC1CCC2(CC1)NC(=O)N(CC(=O)N[C@H](CC(=O)OC(C)C)c1ccccc1)C2=O. The summed E-state index contributed by atoms with van der Waals surface area (Å²) in [5.74, 6) is -0.759. The molecular formula is C23H31N3O5. The van der Waals surface area contributed by atoms with Gasteiger partial charge in [-0.2, -0.15) is 0 Å². The molecule has 3 rings (SSSR count). The quantitative estimate of drug-likeness (QED) is 0.512. The highest BCUT2D eigenvalue weighted by molar-refractivity contribution is 6.09. The first-order valence-corrected chi connectivity index (χ1v) is 10.9. The number of nitrogens with zero attached hydrogens (tertiary/aromatic N) is 1. The van der Waals surface area contributed by atoms with Crippen LogP contribution in [-0.4, -0.2) is 46.9 Å². The van der Waals surface area contributed by atoms with Crippen molar-refractivity contribution in [1.82, 2.24) is 15.5 Å². The number of hydrogen-bond donors (Lipinski definition) is 2. The van der Waals surface area contributed by atoms with Crippen LogP contribution in [0.5, 0.6) is 0 Å². The van der Waals surface area contributed by atoms with Crippen molar-refractivity contribution in [3.05, 3.63) is 35.9 Å². The Kier molecular flexibility index (Phi) is 6.97. The van der Waals surface area contributed by atoms with Crippen molar-refractivity contribution in [2.45, 2.75) is 70.6 Å². The predicted octanol–water partition coefficient (Wildman–Crippen LogP) is 2.69. The zero-order valence-electron chi connectivity index (χ0n) is 18.3. The number of imide groups is 1. The third kappa shape index (κ3) is 5.42. The van der Waals surface area contributed by atoms with Crippen LogP contribution in [0.2, 0.25) is 0 Å². The van der Waals surface area contributed by atoms with Gasteiger partial charge in [0.25, 0.3) is 5.91 Å². The summed E-state index contributed by atoms with van der Waals surface area (Å²) in [5, 5.41) is 5.61. The highest BCUT2D eigenvalue weighted by atomic mass is 16.5. The van der Waals surface area contributed by atoms with Gasteiger partial charge in [0.05, 0.1) is 18.6 Å². The fourth-order valence-corrected chi connectivity index (χ4v) is 4.21. The summed E-state index contributed by atoms with van der Waals surface area (Å²) in [6.07, 6.45) is 2.59. The zero-order valence-corrected chi connectivity index (χ0v) is 18.3. The van der Waals surface area contributed by atoms with Gasteiger partial charge in [-0.15, -0.1) is 0 Å². The second kappa shape index (κ2) is 9.49. The number of benzene rings is 1. The molecule has 8 nitrogen and oxygen atoms in total. The maximum absolute atomic E-state index is 13.0. The first-order chi connectivity index (χ1) is 14.7. The molecule has 8 heteroatoms. The number of ether oxygens (including phenoxy) is 1. The number of esters is 1. The molecular weight excluding hydrogens is 398 g/mol. The Morgan fingerprint density at radius 1 is 1.19 bits per heavy atom. The molecule has 2 N–H and O–H groups in total. The topological polar surface area (TPSA) is 105 Å². The molecule has 1 aromatic rings. The molecule has 168 valence electrons. The lowest BCUT2D eigenvalue weighted by atomic mass is 9.77. The summed E-state index contributed by atoms with van der Waals surface area (Å²) < 4.78 is 5.22. The van der Waals surface area contributed by atoms with E-state index < -0.39 is 29.5 Å². The van der Waals surface area contributed by atoms with E-state index in [2.05, 4.69) is 17.6 Å². The molecule has 2 aliphatic rings. The van der Waals surface area contributed by atoms with Gasteiger partial charge in [-0.05, 0) is 51.0 Å². The summed E-state index contributed by atoms with van der Waals surface area (Å²) in [5.41, 5.74) is -0.143. The van der Waals surface area contributed by atoms with Gasteiger partial charge in [-0.3, -0.25) is 19.3 Å². The number of carbonyl (C=O) groups is 4. The first kappa shape index (κ1) is 22.8. The van der Waals surface area contributed by atoms with Gasteiger partial charge in [0, 0.05) is 0 Å². The molecule has 1 spiro atoms. The van der Waals surface area contributed by atoms with E-state index in [9.17, 15) is 19.2 Å². The lowest BCUT2D eigenvalue weighted by Crippen LogP contribution is -2.50. The summed E-state index contributed by atoms with van der Waals surface area (Å²) in [6, 6.07) is 7.92. The average molecular weight is 430 g/mol. The van der Waals surface area contributed by atoms with Crippen LogP contribution < -0.4 is 10.6 Å². The van der Waals surface area contributed by atoms with Crippen LogP contribution in [0.1, 0.15) is 64.5 Å². The Balaban J connectivity index is 1.67. The lowest BCUT2D eigenvalue weighted by Gasteiger charge is -2.33. The van der Waals surface area contributed by atoms with Crippen molar-refractivity contribution >= 4 is 23.8 Å². The van der Waals surface area contributed by atoms with Crippen LogP contribution in [0.15, 0.2) is 30.3 Å². The number of rotatable bonds is 7. The first-order valence-electron chi connectivity index (χ1n) is 10.9.